The molecule has 0 aliphatic heterocycles. The number of hydrogen-bond acceptors (Lipinski definition) is 6. The number of anilines is 1. The lowest BCUT2D eigenvalue weighted by atomic mass is 10.1. The van der Waals surface area contributed by atoms with E-state index < -0.39 is 27.9 Å². The fraction of sp³-hybridized carbons (Fsp3) is 0.167. The number of carbonyl (C=O) groups is 2. The van der Waals surface area contributed by atoms with E-state index in [0.29, 0.717) is 11.3 Å². The molecule has 154 valence electrons. The Morgan fingerprint density at radius 3 is 2.45 bits per heavy atom. The van der Waals surface area contributed by atoms with Gasteiger partial charge >= 0.3 is 5.97 Å². The Bertz CT molecular complexity index is 995. The number of nitrogens with two attached hydrogens (primary N) is 1. The van der Waals surface area contributed by atoms with Gasteiger partial charge in [-0.05, 0) is 30.2 Å². The van der Waals surface area contributed by atoms with Crippen molar-refractivity contribution in [1.82, 2.24) is 10.2 Å². The van der Waals surface area contributed by atoms with Crippen LogP contribution in [0.4, 0.5) is 5.69 Å². The first-order chi connectivity index (χ1) is 13.6. The lowest BCUT2D eigenvalue weighted by Gasteiger charge is -2.16. The van der Waals surface area contributed by atoms with Crippen LogP contribution >= 0.6 is 0 Å². The summed E-state index contributed by atoms with van der Waals surface area (Å²) < 4.78 is 25.4. The molecule has 0 unspecified atom stereocenters. The van der Waals surface area contributed by atoms with Gasteiger partial charge in [0.25, 0.3) is 5.91 Å². The summed E-state index contributed by atoms with van der Waals surface area (Å²) in [4.78, 5) is 29.4. The zero-order valence-electron chi connectivity index (χ0n) is 15.5. The summed E-state index contributed by atoms with van der Waals surface area (Å²) in [6.07, 6.45) is 0.963. The second-order valence-electron chi connectivity index (χ2n) is 6.10. The van der Waals surface area contributed by atoms with Crippen molar-refractivity contribution in [3.8, 4) is 0 Å². The van der Waals surface area contributed by atoms with Crippen molar-refractivity contribution in [3.05, 3.63) is 65.7 Å². The van der Waals surface area contributed by atoms with Crippen molar-refractivity contribution < 1.29 is 22.8 Å². The summed E-state index contributed by atoms with van der Waals surface area (Å²) in [6, 6.07) is 13.5. The van der Waals surface area contributed by atoms with Gasteiger partial charge in [0.05, 0.1) is 6.26 Å². The molecule has 0 fully saturated rings. The highest BCUT2D eigenvalue weighted by Crippen LogP contribution is 2.10. The topological polar surface area (TPSA) is 163 Å². The van der Waals surface area contributed by atoms with Crippen LogP contribution in [-0.2, 0) is 26.1 Å². The van der Waals surface area contributed by atoms with E-state index in [0.717, 1.165) is 6.26 Å². The lowest BCUT2D eigenvalue weighted by Crippen LogP contribution is -2.45. The highest BCUT2D eigenvalue weighted by Gasteiger charge is 2.25. The Kier molecular flexibility index (Phi) is 7.28. The highest BCUT2D eigenvalue weighted by molar-refractivity contribution is 7.88. The summed E-state index contributed by atoms with van der Waals surface area (Å²) in [7, 11) is -3.70. The van der Waals surface area contributed by atoms with E-state index in [-0.39, 0.29) is 17.9 Å². The van der Waals surface area contributed by atoms with Gasteiger partial charge in [-0.2, -0.15) is 5.48 Å². The first-order valence-electron chi connectivity index (χ1n) is 8.37. The summed E-state index contributed by atoms with van der Waals surface area (Å²) in [6.45, 7) is 0. The Balaban J connectivity index is 2.05. The first-order valence-corrected chi connectivity index (χ1v) is 10.3. The van der Waals surface area contributed by atoms with Crippen LogP contribution in [0.25, 0.3) is 0 Å². The third-order valence-corrected chi connectivity index (χ3v) is 4.28. The standard InChI is InChI=1S/C18H21N5O5S/c1-29(26,27)23-15(10-12-6-3-2-4-7-12)17(25)28-22-16(24)13-8-5-9-14(11-13)21-18(19)20/h2-9,11,15,23H,10H2,1H3,(H,22,24)(H4,19,20,21)/t15-/m0/s1. The van der Waals surface area contributed by atoms with Gasteiger partial charge in [-0.15, -0.1) is 0 Å². The third kappa shape index (κ3) is 7.60. The molecule has 2 aromatic carbocycles. The zero-order valence-corrected chi connectivity index (χ0v) is 16.3. The van der Waals surface area contributed by atoms with Crippen LogP contribution in [0.5, 0.6) is 0 Å². The second kappa shape index (κ2) is 9.66. The van der Waals surface area contributed by atoms with Crippen LogP contribution < -0.4 is 21.3 Å². The molecule has 6 N–H and O–H groups in total. The molecule has 0 bridgehead atoms. The Labute approximate surface area is 168 Å². The minimum Gasteiger partial charge on any atom is -0.370 e. The Morgan fingerprint density at radius 1 is 1.14 bits per heavy atom. The maximum absolute atomic E-state index is 12.4. The minimum absolute atomic E-state index is 0.0423. The van der Waals surface area contributed by atoms with Crippen molar-refractivity contribution in [2.75, 3.05) is 11.6 Å². The van der Waals surface area contributed by atoms with Crippen LogP contribution in [0, 0.1) is 5.41 Å². The van der Waals surface area contributed by atoms with Gasteiger partial charge in [0.15, 0.2) is 5.96 Å². The van der Waals surface area contributed by atoms with Gasteiger partial charge in [-0.3, -0.25) is 10.2 Å². The SMILES string of the molecule is CS(=O)(=O)N[C@@H](Cc1ccccc1)C(=O)ONC(=O)c1cccc(NC(=N)N)c1. The first kappa shape index (κ1) is 21.9. The molecular weight excluding hydrogens is 398 g/mol. The van der Waals surface area contributed by atoms with E-state index in [4.69, 9.17) is 16.0 Å². The molecule has 0 radical (unpaired) electrons. The van der Waals surface area contributed by atoms with Gasteiger partial charge in [0.1, 0.15) is 6.04 Å². The average molecular weight is 419 g/mol. The van der Waals surface area contributed by atoms with E-state index >= 15 is 0 Å². The molecule has 29 heavy (non-hydrogen) atoms. The van der Waals surface area contributed by atoms with Crippen LogP contribution in [-0.4, -0.2) is 38.6 Å². The van der Waals surface area contributed by atoms with E-state index in [2.05, 4.69) is 10.0 Å². The molecular formula is C18H21N5O5S. The number of rotatable bonds is 7. The van der Waals surface area contributed by atoms with Crippen molar-refractivity contribution in [2.45, 2.75) is 12.5 Å². The predicted molar refractivity (Wildman–Crippen MR) is 107 cm³/mol. The molecule has 0 saturated heterocycles. The van der Waals surface area contributed by atoms with Crippen LogP contribution in [0.15, 0.2) is 54.6 Å². The monoisotopic (exact) mass is 419 g/mol. The highest BCUT2D eigenvalue weighted by atomic mass is 32.2. The van der Waals surface area contributed by atoms with Crippen LogP contribution in [0.3, 0.4) is 0 Å². The number of hydroxylamine groups is 1. The molecule has 0 heterocycles. The quantitative estimate of drug-likeness (QED) is 0.245. The van der Waals surface area contributed by atoms with Gasteiger partial charge < -0.3 is 15.9 Å². The summed E-state index contributed by atoms with van der Waals surface area (Å²) in [5.41, 5.74) is 8.48. The predicted octanol–water partition coefficient (Wildman–Crippen LogP) is 0.340. The third-order valence-electron chi connectivity index (χ3n) is 3.57. The summed E-state index contributed by atoms with van der Waals surface area (Å²) in [5, 5.41) is 9.73. The van der Waals surface area contributed by atoms with Gasteiger partial charge in [0, 0.05) is 11.3 Å². The van der Waals surface area contributed by atoms with Crippen molar-refractivity contribution in [1.29, 1.82) is 5.41 Å². The zero-order chi connectivity index (χ0) is 21.4. The normalized spacial score (nSPS) is 11.9. The van der Waals surface area contributed by atoms with E-state index in [1.165, 1.54) is 12.1 Å². The molecule has 0 aliphatic rings. The largest absolute Gasteiger partial charge is 0.370 e. The molecule has 1 amide bonds. The van der Waals surface area contributed by atoms with Gasteiger partial charge in [-0.25, -0.2) is 17.9 Å². The number of guanidine groups is 1. The molecule has 1 atom stereocenters. The molecule has 0 aromatic heterocycles. The molecule has 0 saturated carbocycles. The Hall–Kier alpha value is -3.44. The average Bonchev–Trinajstić information content (AvgIpc) is 2.64. The number of sulfonamides is 1. The van der Waals surface area contributed by atoms with Crippen molar-refractivity contribution in [3.63, 3.8) is 0 Å². The smallest absolute Gasteiger partial charge is 0.350 e. The van der Waals surface area contributed by atoms with Gasteiger partial charge in [0.2, 0.25) is 10.0 Å². The maximum Gasteiger partial charge on any atom is 0.350 e. The number of benzene rings is 2. The van der Waals surface area contributed by atoms with E-state index in [1.54, 1.807) is 42.5 Å². The molecule has 0 spiro atoms. The number of nitrogens with one attached hydrogen (secondary N) is 4. The minimum atomic E-state index is -3.70. The van der Waals surface area contributed by atoms with Crippen molar-refractivity contribution in [2.24, 2.45) is 5.73 Å². The Morgan fingerprint density at radius 2 is 1.83 bits per heavy atom. The summed E-state index contributed by atoms with van der Waals surface area (Å²) in [5.74, 6) is -2.00. The molecule has 2 aromatic rings. The molecule has 0 aliphatic carbocycles. The summed E-state index contributed by atoms with van der Waals surface area (Å²) >= 11 is 0. The lowest BCUT2D eigenvalue weighted by molar-refractivity contribution is -0.151. The number of carbonyl (C=O) groups excluding carboxylic acids is 2. The number of hydrogen-bond donors (Lipinski definition) is 5. The van der Waals surface area contributed by atoms with E-state index in [1.807, 2.05) is 5.48 Å². The molecule has 2 rings (SSSR count). The fourth-order valence-corrected chi connectivity index (χ4v) is 3.10. The van der Waals surface area contributed by atoms with Gasteiger partial charge in [-0.1, -0.05) is 36.4 Å². The fourth-order valence-electron chi connectivity index (χ4n) is 2.40. The second-order valence-corrected chi connectivity index (χ2v) is 7.88. The maximum atomic E-state index is 12.4. The van der Waals surface area contributed by atoms with E-state index in [9.17, 15) is 18.0 Å². The number of amides is 1. The van der Waals surface area contributed by atoms with Crippen LogP contribution in [0.2, 0.25) is 0 Å². The van der Waals surface area contributed by atoms with Crippen LogP contribution in [0.1, 0.15) is 15.9 Å². The molecule has 11 heteroatoms. The molecule has 10 nitrogen and oxygen atoms in total. The van der Waals surface area contributed by atoms with Crippen molar-refractivity contribution >= 4 is 33.5 Å².